The zero-order valence-electron chi connectivity index (χ0n) is 15.6. The van der Waals surface area contributed by atoms with Crippen molar-refractivity contribution in [2.24, 2.45) is 28.6 Å². The molecule has 6 atom stereocenters. The molecular weight excluding hydrogens is 298 g/mol. The molecule has 3 saturated carbocycles. The number of fused-ring (bicyclic) bond motifs is 5. The SMILES string of the molecule is CC(=O)N1C[C@H]2[C@@](C)(CC[C@H]3C(=O)CCC[C@]23C)[C@@H]2CCCC[C@H]21. The molecule has 0 aromatic carbocycles. The number of hydrogen-bond donors (Lipinski definition) is 0. The Hall–Kier alpha value is -0.860. The summed E-state index contributed by atoms with van der Waals surface area (Å²) in [5, 5.41) is 0. The maximum absolute atomic E-state index is 12.6. The van der Waals surface area contributed by atoms with Gasteiger partial charge in [-0.1, -0.05) is 26.7 Å². The van der Waals surface area contributed by atoms with Crippen LogP contribution in [0.3, 0.4) is 0 Å². The van der Waals surface area contributed by atoms with Crippen LogP contribution in [-0.2, 0) is 9.59 Å². The molecule has 0 spiro atoms. The Balaban J connectivity index is 1.75. The van der Waals surface area contributed by atoms with Crippen molar-refractivity contribution < 1.29 is 9.59 Å². The van der Waals surface area contributed by atoms with Crippen molar-refractivity contribution in [3.05, 3.63) is 0 Å². The van der Waals surface area contributed by atoms with E-state index in [9.17, 15) is 9.59 Å². The van der Waals surface area contributed by atoms with E-state index in [0.29, 0.717) is 29.1 Å². The van der Waals surface area contributed by atoms with Gasteiger partial charge >= 0.3 is 0 Å². The first-order chi connectivity index (χ1) is 11.4. The lowest BCUT2D eigenvalue weighted by Gasteiger charge is -2.66. The van der Waals surface area contributed by atoms with Gasteiger partial charge in [0.25, 0.3) is 0 Å². The highest BCUT2D eigenvalue weighted by molar-refractivity contribution is 5.83. The van der Waals surface area contributed by atoms with Gasteiger partial charge in [0.15, 0.2) is 0 Å². The van der Waals surface area contributed by atoms with Gasteiger partial charge in [-0.15, -0.1) is 0 Å². The third kappa shape index (κ3) is 2.15. The summed E-state index contributed by atoms with van der Waals surface area (Å²) < 4.78 is 0. The number of carbonyl (C=O) groups excluding carboxylic acids is 2. The fraction of sp³-hybridized carbons (Fsp3) is 0.905. The van der Waals surface area contributed by atoms with Crippen LogP contribution >= 0.6 is 0 Å². The molecule has 3 heteroatoms. The third-order valence-corrected chi connectivity index (χ3v) is 8.65. The fourth-order valence-electron chi connectivity index (χ4n) is 7.46. The van der Waals surface area contributed by atoms with E-state index in [1.807, 2.05) is 0 Å². The van der Waals surface area contributed by atoms with Crippen molar-refractivity contribution in [3.63, 3.8) is 0 Å². The summed E-state index contributed by atoms with van der Waals surface area (Å²) in [5.41, 5.74) is 0.429. The molecule has 3 nitrogen and oxygen atoms in total. The number of ketones is 1. The number of amides is 1. The highest BCUT2D eigenvalue weighted by Gasteiger charge is 2.62. The predicted molar refractivity (Wildman–Crippen MR) is 94.4 cm³/mol. The molecule has 1 aliphatic heterocycles. The second-order valence-corrected chi connectivity index (χ2v) is 9.61. The van der Waals surface area contributed by atoms with Crippen molar-refractivity contribution >= 4 is 11.7 Å². The van der Waals surface area contributed by atoms with Gasteiger partial charge in [0, 0.05) is 31.8 Å². The molecule has 4 rings (SSSR count). The van der Waals surface area contributed by atoms with Gasteiger partial charge in [0.05, 0.1) is 0 Å². The zero-order valence-corrected chi connectivity index (χ0v) is 15.6. The minimum atomic E-state index is 0.110. The molecule has 1 heterocycles. The van der Waals surface area contributed by atoms with E-state index in [0.717, 1.165) is 25.8 Å². The number of piperidine rings is 1. The van der Waals surface area contributed by atoms with Gasteiger partial charge < -0.3 is 4.90 Å². The van der Waals surface area contributed by atoms with Crippen molar-refractivity contribution in [1.82, 2.24) is 4.90 Å². The van der Waals surface area contributed by atoms with E-state index in [1.165, 1.54) is 38.5 Å². The van der Waals surface area contributed by atoms with Crippen LogP contribution in [0.15, 0.2) is 0 Å². The van der Waals surface area contributed by atoms with Crippen LogP contribution in [0.4, 0.5) is 0 Å². The summed E-state index contributed by atoms with van der Waals surface area (Å²) >= 11 is 0. The summed E-state index contributed by atoms with van der Waals surface area (Å²) in [6.45, 7) is 7.55. The Morgan fingerprint density at radius 1 is 1.04 bits per heavy atom. The highest BCUT2D eigenvalue weighted by atomic mass is 16.2. The number of Topliss-reactive ketones (excluding diaryl/α,β-unsaturated/α-hetero) is 1. The predicted octanol–water partition coefficient (Wildman–Crippen LogP) is 4.20. The molecule has 0 bridgehead atoms. The molecule has 0 unspecified atom stereocenters. The summed E-state index contributed by atoms with van der Waals surface area (Å²) in [6, 6.07) is 0.456. The minimum Gasteiger partial charge on any atom is -0.339 e. The van der Waals surface area contributed by atoms with Crippen LogP contribution in [0, 0.1) is 28.6 Å². The maximum Gasteiger partial charge on any atom is 0.219 e. The lowest BCUT2D eigenvalue weighted by atomic mass is 9.42. The molecule has 134 valence electrons. The maximum atomic E-state index is 12.6. The van der Waals surface area contributed by atoms with E-state index in [4.69, 9.17) is 0 Å². The van der Waals surface area contributed by atoms with E-state index in [2.05, 4.69) is 18.7 Å². The van der Waals surface area contributed by atoms with E-state index in [-0.39, 0.29) is 17.2 Å². The molecule has 0 radical (unpaired) electrons. The topological polar surface area (TPSA) is 37.4 Å². The molecule has 1 amide bonds. The number of likely N-dealkylation sites (tertiary alicyclic amines) is 1. The van der Waals surface area contributed by atoms with Crippen LogP contribution in [0.2, 0.25) is 0 Å². The van der Waals surface area contributed by atoms with Crippen LogP contribution in [0.5, 0.6) is 0 Å². The molecule has 4 fully saturated rings. The lowest BCUT2D eigenvalue weighted by molar-refractivity contribution is -0.184. The molecular formula is C21H33NO2. The van der Waals surface area contributed by atoms with Gasteiger partial charge in [-0.25, -0.2) is 0 Å². The van der Waals surface area contributed by atoms with Crippen LogP contribution in [-0.4, -0.2) is 29.2 Å². The Bertz CT molecular complexity index is 558. The smallest absolute Gasteiger partial charge is 0.219 e. The van der Waals surface area contributed by atoms with E-state index in [1.54, 1.807) is 6.92 Å². The molecule has 0 aromatic heterocycles. The summed E-state index contributed by atoms with van der Waals surface area (Å²) in [7, 11) is 0. The minimum absolute atomic E-state index is 0.110. The third-order valence-electron chi connectivity index (χ3n) is 8.65. The monoisotopic (exact) mass is 331 g/mol. The Morgan fingerprint density at radius 2 is 1.79 bits per heavy atom. The number of nitrogens with zero attached hydrogens (tertiary/aromatic N) is 1. The Morgan fingerprint density at radius 3 is 2.54 bits per heavy atom. The normalized spacial score (nSPS) is 48.3. The highest BCUT2D eigenvalue weighted by Crippen LogP contribution is 2.64. The number of rotatable bonds is 0. The van der Waals surface area contributed by atoms with E-state index >= 15 is 0 Å². The molecule has 4 aliphatic rings. The van der Waals surface area contributed by atoms with Gasteiger partial charge in [-0.3, -0.25) is 9.59 Å². The molecule has 3 aliphatic carbocycles. The molecule has 24 heavy (non-hydrogen) atoms. The summed E-state index contributed by atoms with van der Waals surface area (Å²) in [5.74, 6) is 2.14. The second kappa shape index (κ2) is 5.57. The van der Waals surface area contributed by atoms with Gasteiger partial charge in [-0.05, 0) is 61.2 Å². The van der Waals surface area contributed by atoms with Crippen molar-refractivity contribution in [2.75, 3.05) is 6.54 Å². The first-order valence-electron chi connectivity index (χ1n) is 10.2. The standard InChI is InChI=1S/C21H33NO2/c1-14(23)22-13-19-20(2)11-6-9-18(24)16(20)10-12-21(19,3)15-7-4-5-8-17(15)22/h15-17,19H,4-13H2,1-3H3/t15-,16+,17-,19-,20+,21+/m1/s1. The zero-order chi connectivity index (χ0) is 17.1. The lowest BCUT2D eigenvalue weighted by Crippen LogP contribution is -2.66. The summed E-state index contributed by atoms with van der Waals surface area (Å²) in [6.07, 6.45) is 10.3. The molecule has 0 N–H and O–H groups in total. The van der Waals surface area contributed by atoms with Crippen molar-refractivity contribution in [3.8, 4) is 0 Å². The van der Waals surface area contributed by atoms with Crippen molar-refractivity contribution in [2.45, 2.75) is 84.6 Å². The largest absolute Gasteiger partial charge is 0.339 e. The van der Waals surface area contributed by atoms with Crippen LogP contribution in [0.1, 0.15) is 78.6 Å². The quantitative estimate of drug-likeness (QED) is 0.667. The average molecular weight is 332 g/mol. The van der Waals surface area contributed by atoms with Crippen LogP contribution in [0.25, 0.3) is 0 Å². The van der Waals surface area contributed by atoms with Crippen molar-refractivity contribution in [1.29, 1.82) is 0 Å². The fourth-order valence-corrected chi connectivity index (χ4v) is 7.46. The first kappa shape index (κ1) is 16.6. The Kier molecular flexibility index (Phi) is 3.85. The van der Waals surface area contributed by atoms with Gasteiger partial charge in [0.1, 0.15) is 5.78 Å². The average Bonchev–Trinajstić information content (AvgIpc) is 2.54. The van der Waals surface area contributed by atoms with Crippen LogP contribution < -0.4 is 0 Å². The molecule has 0 aromatic rings. The van der Waals surface area contributed by atoms with E-state index < -0.39 is 0 Å². The first-order valence-corrected chi connectivity index (χ1v) is 10.2. The Labute approximate surface area is 146 Å². The second-order valence-electron chi connectivity index (χ2n) is 9.61. The number of hydrogen-bond acceptors (Lipinski definition) is 2. The van der Waals surface area contributed by atoms with Gasteiger partial charge in [-0.2, -0.15) is 0 Å². The summed E-state index contributed by atoms with van der Waals surface area (Å²) in [4.78, 5) is 27.3. The number of carbonyl (C=O) groups is 2. The molecule has 1 saturated heterocycles. The van der Waals surface area contributed by atoms with Gasteiger partial charge in [0.2, 0.25) is 5.91 Å².